The van der Waals surface area contributed by atoms with Gasteiger partial charge in [0.05, 0.1) is 0 Å². The van der Waals surface area contributed by atoms with E-state index in [1.807, 2.05) is 7.05 Å². The maximum Gasteiger partial charge on any atom is 0.00580 e. The lowest BCUT2D eigenvalue weighted by Crippen LogP contribution is -2.10. The average molecular weight is 145 g/mol. The van der Waals surface area contributed by atoms with Crippen molar-refractivity contribution in [2.24, 2.45) is 5.92 Å². The van der Waals surface area contributed by atoms with Crippen LogP contribution in [0.4, 0.5) is 0 Å². The Morgan fingerprint density at radius 2 is 2.33 bits per heavy atom. The first-order valence-electron chi connectivity index (χ1n) is 3.66. The lowest BCUT2D eigenvalue weighted by atomic mass is 10.5. The minimum absolute atomic E-state index is 1.09. The van der Waals surface area contributed by atoms with E-state index < -0.39 is 0 Å². The van der Waals surface area contributed by atoms with Gasteiger partial charge in [0.1, 0.15) is 0 Å². The Hall–Kier alpha value is 0.310. The summed E-state index contributed by atoms with van der Waals surface area (Å²) in [5, 5.41) is 3.14. The fourth-order valence-corrected chi connectivity index (χ4v) is 1.89. The molecular weight excluding hydrogens is 130 g/mol. The maximum atomic E-state index is 3.14. The van der Waals surface area contributed by atoms with Crippen LogP contribution in [-0.4, -0.2) is 25.1 Å². The predicted molar refractivity (Wildman–Crippen MR) is 44.0 cm³/mol. The van der Waals surface area contributed by atoms with E-state index in [1.54, 1.807) is 0 Å². The van der Waals surface area contributed by atoms with Crippen molar-refractivity contribution in [3.63, 3.8) is 0 Å². The molecule has 1 saturated carbocycles. The summed E-state index contributed by atoms with van der Waals surface area (Å²) in [5.41, 5.74) is 0. The van der Waals surface area contributed by atoms with Crippen LogP contribution >= 0.6 is 11.8 Å². The molecule has 0 bridgehead atoms. The molecule has 0 aliphatic heterocycles. The lowest BCUT2D eigenvalue weighted by molar-refractivity contribution is 0.869. The molecular formula is C7H15NS. The van der Waals surface area contributed by atoms with Gasteiger partial charge in [-0.1, -0.05) is 0 Å². The molecule has 1 aliphatic rings. The van der Waals surface area contributed by atoms with E-state index in [2.05, 4.69) is 17.1 Å². The standard InChI is InChI=1S/C7H15NS/c1-8-4-5-9-6-7-2-3-7/h7-8H,2-6H2,1H3. The Morgan fingerprint density at radius 3 is 2.89 bits per heavy atom. The monoisotopic (exact) mass is 145 g/mol. The maximum absolute atomic E-state index is 3.14. The van der Waals surface area contributed by atoms with Crippen LogP contribution in [0.2, 0.25) is 0 Å². The first-order valence-corrected chi connectivity index (χ1v) is 4.81. The van der Waals surface area contributed by atoms with Gasteiger partial charge >= 0.3 is 0 Å². The van der Waals surface area contributed by atoms with Crippen molar-refractivity contribution < 1.29 is 0 Å². The van der Waals surface area contributed by atoms with Gasteiger partial charge in [0.15, 0.2) is 0 Å². The summed E-state index contributed by atoms with van der Waals surface area (Å²) in [5.74, 6) is 3.78. The SMILES string of the molecule is CNCCSCC1CC1. The molecule has 1 aliphatic carbocycles. The van der Waals surface area contributed by atoms with Crippen molar-refractivity contribution in [2.45, 2.75) is 12.8 Å². The smallest absolute Gasteiger partial charge is 0.00580 e. The van der Waals surface area contributed by atoms with Gasteiger partial charge in [-0.05, 0) is 31.6 Å². The van der Waals surface area contributed by atoms with Crippen LogP contribution in [0.3, 0.4) is 0 Å². The Balaban J connectivity index is 1.71. The number of thioether (sulfide) groups is 1. The third-order valence-corrected chi connectivity index (χ3v) is 2.75. The third-order valence-electron chi connectivity index (χ3n) is 1.55. The van der Waals surface area contributed by atoms with Crippen LogP contribution < -0.4 is 5.32 Å². The normalized spacial score (nSPS) is 18.3. The molecule has 2 heteroatoms. The fourth-order valence-electron chi connectivity index (χ4n) is 0.709. The zero-order chi connectivity index (χ0) is 6.53. The summed E-state index contributed by atoms with van der Waals surface area (Å²) in [6, 6.07) is 0. The molecule has 0 aromatic rings. The summed E-state index contributed by atoms with van der Waals surface area (Å²) in [6.07, 6.45) is 2.99. The molecule has 54 valence electrons. The van der Waals surface area contributed by atoms with E-state index in [9.17, 15) is 0 Å². The Labute approximate surface area is 61.6 Å². The van der Waals surface area contributed by atoms with E-state index in [1.165, 1.54) is 24.3 Å². The Bertz CT molecular complexity index is 71.3. The number of rotatable bonds is 5. The zero-order valence-electron chi connectivity index (χ0n) is 6.02. The molecule has 0 aromatic carbocycles. The highest BCUT2D eigenvalue weighted by Crippen LogP contribution is 2.31. The van der Waals surface area contributed by atoms with Gasteiger partial charge in [-0.15, -0.1) is 0 Å². The molecule has 0 spiro atoms. The minimum Gasteiger partial charge on any atom is -0.319 e. The van der Waals surface area contributed by atoms with E-state index in [-0.39, 0.29) is 0 Å². The van der Waals surface area contributed by atoms with Crippen LogP contribution in [0.5, 0.6) is 0 Å². The quantitative estimate of drug-likeness (QED) is 0.586. The van der Waals surface area contributed by atoms with Gasteiger partial charge in [-0.25, -0.2) is 0 Å². The highest BCUT2D eigenvalue weighted by molar-refractivity contribution is 7.99. The average Bonchev–Trinajstić information content (AvgIpc) is 2.63. The third kappa shape index (κ3) is 3.82. The van der Waals surface area contributed by atoms with E-state index in [4.69, 9.17) is 0 Å². The summed E-state index contributed by atoms with van der Waals surface area (Å²) < 4.78 is 0. The van der Waals surface area contributed by atoms with Gasteiger partial charge < -0.3 is 5.32 Å². The molecule has 1 rings (SSSR count). The molecule has 1 N–H and O–H groups in total. The number of nitrogens with one attached hydrogen (secondary N) is 1. The molecule has 1 nitrogen and oxygen atoms in total. The molecule has 0 atom stereocenters. The minimum atomic E-state index is 1.09. The number of hydrogen-bond acceptors (Lipinski definition) is 2. The van der Waals surface area contributed by atoms with Gasteiger partial charge in [-0.2, -0.15) is 11.8 Å². The lowest BCUT2D eigenvalue weighted by Gasteiger charge is -1.97. The van der Waals surface area contributed by atoms with Crippen LogP contribution in [0.25, 0.3) is 0 Å². The molecule has 9 heavy (non-hydrogen) atoms. The van der Waals surface area contributed by atoms with E-state index in [0.717, 1.165) is 12.5 Å². The van der Waals surface area contributed by atoms with Crippen LogP contribution in [0.15, 0.2) is 0 Å². The zero-order valence-corrected chi connectivity index (χ0v) is 6.84. The van der Waals surface area contributed by atoms with Crippen LogP contribution in [0, 0.1) is 5.92 Å². The van der Waals surface area contributed by atoms with Gasteiger partial charge in [0.25, 0.3) is 0 Å². The molecule has 0 aromatic heterocycles. The second-order valence-corrected chi connectivity index (χ2v) is 3.77. The molecule has 0 heterocycles. The van der Waals surface area contributed by atoms with Crippen molar-refractivity contribution in [1.82, 2.24) is 5.32 Å². The Kier molecular flexibility index (Phi) is 3.44. The van der Waals surface area contributed by atoms with Gasteiger partial charge in [0.2, 0.25) is 0 Å². The van der Waals surface area contributed by atoms with Crippen molar-refractivity contribution in [1.29, 1.82) is 0 Å². The molecule has 0 unspecified atom stereocenters. The van der Waals surface area contributed by atoms with Crippen molar-refractivity contribution in [2.75, 3.05) is 25.1 Å². The molecule has 0 saturated heterocycles. The first kappa shape index (κ1) is 7.42. The molecule has 0 radical (unpaired) electrons. The second kappa shape index (κ2) is 4.18. The van der Waals surface area contributed by atoms with Crippen molar-refractivity contribution in [3.8, 4) is 0 Å². The molecule has 0 amide bonds. The summed E-state index contributed by atoms with van der Waals surface area (Å²) in [4.78, 5) is 0. The highest BCUT2D eigenvalue weighted by atomic mass is 32.2. The largest absolute Gasteiger partial charge is 0.319 e. The second-order valence-electron chi connectivity index (χ2n) is 2.62. The van der Waals surface area contributed by atoms with Crippen molar-refractivity contribution in [3.05, 3.63) is 0 Å². The highest BCUT2D eigenvalue weighted by Gasteiger charge is 2.20. The predicted octanol–water partition coefficient (Wildman–Crippen LogP) is 1.35. The van der Waals surface area contributed by atoms with E-state index in [0.29, 0.717) is 0 Å². The van der Waals surface area contributed by atoms with Gasteiger partial charge in [0, 0.05) is 12.3 Å². The topological polar surface area (TPSA) is 12.0 Å². The van der Waals surface area contributed by atoms with Gasteiger partial charge in [-0.3, -0.25) is 0 Å². The summed E-state index contributed by atoms with van der Waals surface area (Å²) in [6.45, 7) is 1.16. The van der Waals surface area contributed by atoms with Crippen molar-refractivity contribution >= 4 is 11.8 Å². The first-order chi connectivity index (χ1) is 4.43. The number of hydrogen-bond donors (Lipinski definition) is 1. The summed E-state index contributed by atoms with van der Waals surface area (Å²) in [7, 11) is 2.01. The van der Waals surface area contributed by atoms with Crippen LogP contribution in [-0.2, 0) is 0 Å². The summed E-state index contributed by atoms with van der Waals surface area (Å²) >= 11 is 2.09. The fraction of sp³-hybridized carbons (Fsp3) is 1.00. The molecule has 1 fully saturated rings. The Morgan fingerprint density at radius 1 is 1.56 bits per heavy atom. The van der Waals surface area contributed by atoms with E-state index >= 15 is 0 Å². The van der Waals surface area contributed by atoms with Crippen LogP contribution in [0.1, 0.15) is 12.8 Å².